The Morgan fingerprint density at radius 1 is 1.12 bits per heavy atom. The molecule has 2 aromatic rings. The molecule has 3 rings (SSSR count). The second-order valence-electron chi connectivity index (χ2n) is 7.90. The Morgan fingerprint density at radius 2 is 1.79 bits per heavy atom. The van der Waals surface area contributed by atoms with E-state index in [1.807, 2.05) is 6.92 Å². The van der Waals surface area contributed by atoms with Crippen molar-refractivity contribution in [2.24, 2.45) is 5.92 Å². The van der Waals surface area contributed by atoms with Gasteiger partial charge in [0.25, 0.3) is 0 Å². The molecule has 10 heteroatoms. The fourth-order valence-corrected chi connectivity index (χ4v) is 5.23. The van der Waals surface area contributed by atoms with E-state index in [0.717, 1.165) is 5.56 Å². The molecule has 1 fully saturated rings. The topological polar surface area (TPSA) is 84.9 Å². The van der Waals surface area contributed by atoms with Crippen LogP contribution in [0.1, 0.15) is 24.0 Å². The van der Waals surface area contributed by atoms with Gasteiger partial charge in [-0.3, -0.25) is 4.79 Å². The van der Waals surface area contributed by atoms with Gasteiger partial charge < -0.3 is 14.8 Å². The zero-order chi connectivity index (χ0) is 24.0. The Hall–Kier alpha value is -2.72. The number of piperidine rings is 1. The summed E-state index contributed by atoms with van der Waals surface area (Å²) in [6.45, 7) is -0.191. The van der Waals surface area contributed by atoms with Gasteiger partial charge in [0.15, 0.2) is 11.5 Å². The zero-order valence-electron chi connectivity index (χ0n) is 18.6. The van der Waals surface area contributed by atoms with Gasteiger partial charge in [0.1, 0.15) is 0 Å². The van der Waals surface area contributed by atoms with Gasteiger partial charge in [0.05, 0.1) is 12.0 Å². The SMILES string of the molecule is COc1ccc(CCNC(=O)C2CCN(S(=O)(=O)c3ccc(C)cc3)CC2)cc1OC(F)F. The number of rotatable bonds is 9. The Balaban J connectivity index is 1.49. The third-order valence-corrected chi connectivity index (χ3v) is 7.55. The predicted octanol–water partition coefficient (Wildman–Crippen LogP) is 3.36. The summed E-state index contributed by atoms with van der Waals surface area (Å²) in [4.78, 5) is 12.8. The molecule has 0 radical (unpaired) electrons. The number of nitrogens with zero attached hydrogens (tertiary/aromatic N) is 1. The van der Waals surface area contributed by atoms with Crippen LogP contribution in [0.25, 0.3) is 0 Å². The van der Waals surface area contributed by atoms with Crippen LogP contribution in [0.2, 0.25) is 0 Å². The number of carbonyl (C=O) groups excluding carboxylic acids is 1. The fraction of sp³-hybridized carbons (Fsp3) is 0.435. The van der Waals surface area contributed by atoms with Gasteiger partial charge in [-0.05, 0) is 56.0 Å². The summed E-state index contributed by atoms with van der Waals surface area (Å²) >= 11 is 0. The lowest BCUT2D eigenvalue weighted by Gasteiger charge is -2.30. The van der Waals surface area contributed by atoms with E-state index in [0.29, 0.717) is 31.4 Å². The van der Waals surface area contributed by atoms with Gasteiger partial charge in [-0.15, -0.1) is 0 Å². The third kappa shape index (κ3) is 6.42. The average molecular weight is 483 g/mol. The van der Waals surface area contributed by atoms with Crippen molar-refractivity contribution in [1.82, 2.24) is 9.62 Å². The molecule has 1 amide bonds. The first-order chi connectivity index (χ1) is 15.7. The number of halogens is 2. The quantitative estimate of drug-likeness (QED) is 0.593. The third-order valence-electron chi connectivity index (χ3n) is 5.64. The van der Waals surface area contributed by atoms with Gasteiger partial charge in [0, 0.05) is 25.6 Å². The van der Waals surface area contributed by atoms with Gasteiger partial charge in [-0.2, -0.15) is 13.1 Å². The number of nitrogens with one attached hydrogen (secondary N) is 1. The molecule has 0 bridgehead atoms. The highest BCUT2D eigenvalue weighted by Gasteiger charge is 2.31. The van der Waals surface area contributed by atoms with Crippen LogP contribution in [-0.4, -0.2) is 52.0 Å². The molecule has 0 unspecified atom stereocenters. The van der Waals surface area contributed by atoms with Crippen molar-refractivity contribution in [2.75, 3.05) is 26.7 Å². The highest BCUT2D eigenvalue weighted by molar-refractivity contribution is 7.89. The van der Waals surface area contributed by atoms with Crippen molar-refractivity contribution in [1.29, 1.82) is 0 Å². The molecule has 0 atom stereocenters. The van der Waals surface area contributed by atoms with E-state index in [1.165, 1.54) is 17.5 Å². The van der Waals surface area contributed by atoms with Crippen molar-refractivity contribution in [3.05, 3.63) is 53.6 Å². The monoisotopic (exact) mass is 482 g/mol. The van der Waals surface area contributed by atoms with Crippen LogP contribution in [0.4, 0.5) is 8.78 Å². The lowest BCUT2D eigenvalue weighted by molar-refractivity contribution is -0.126. The van der Waals surface area contributed by atoms with E-state index in [-0.39, 0.29) is 41.3 Å². The van der Waals surface area contributed by atoms with Crippen molar-refractivity contribution < 1.29 is 31.5 Å². The molecule has 0 saturated carbocycles. The molecule has 0 spiro atoms. The number of amides is 1. The molecule has 1 saturated heterocycles. The summed E-state index contributed by atoms with van der Waals surface area (Å²) in [5.74, 6) is -0.267. The number of benzene rings is 2. The predicted molar refractivity (Wildman–Crippen MR) is 119 cm³/mol. The van der Waals surface area contributed by atoms with Crippen LogP contribution in [-0.2, 0) is 21.2 Å². The lowest BCUT2D eigenvalue weighted by atomic mass is 9.97. The van der Waals surface area contributed by atoms with Crippen LogP contribution in [0.15, 0.2) is 47.4 Å². The number of hydrogen-bond donors (Lipinski definition) is 1. The molecule has 1 N–H and O–H groups in total. The summed E-state index contributed by atoms with van der Waals surface area (Å²) in [5, 5.41) is 2.85. The van der Waals surface area contributed by atoms with E-state index in [4.69, 9.17) is 4.74 Å². The van der Waals surface area contributed by atoms with Crippen molar-refractivity contribution in [2.45, 2.75) is 37.7 Å². The minimum atomic E-state index is -3.57. The Bertz CT molecular complexity index is 1050. The van der Waals surface area contributed by atoms with Gasteiger partial charge >= 0.3 is 6.61 Å². The maximum Gasteiger partial charge on any atom is 0.387 e. The van der Waals surface area contributed by atoms with E-state index in [1.54, 1.807) is 36.4 Å². The lowest BCUT2D eigenvalue weighted by Crippen LogP contribution is -2.43. The summed E-state index contributed by atoms with van der Waals surface area (Å²) in [5.41, 5.74) is 1.70. The van der Waals surface area contributed by atoms with Gasteiger partial charge in [-0.25, -0.2) is 8.42 Å². The Kier molecular flexibility index (Phi) is 8.25. The molecular formula is C23H28F2N2O5S. The van der Waals surface area contributed by atoms with Crippen molar-refractivity contribution in [3.63, 3.8) is 0 Å². The number of carbonyl (C=O) groups is 1. The zero-order valence-corrected chi connectivity index (χ0v) is 19.4. The number of hydrogen-bond acceptors (Lipinski definition) is 5. The smallest absolute Gasteiger partial charge is 0.387 e. The molecule has 180 valence electrons. The van der Waals surface area contributed by atoms with Gasteiger partial charge in [-0.1, -0.05) is 23.8 Å². The second-order valence-corrected chi connectivity index (χ2v) is 9.83. The van der Waals surface area contributed by atoms with E-state index in [9.17, 15) is 22.0 Å². The molecule has 1 aliphatic rings. The summed E-state index contributed by atoms with van der Waals surface area (Å²) in [6, 6.07) is 11.4. The van der Waals surface area contributed by atoms with E-state index in [2.05, 4.69) is 10.1 Å². The van der Waals surface area contributed by atoms with Crippen LogP contribution >= 0.6 is 0 Å². The van der Waals surface area contributed by atoms with E-state index >= 15 is 0 Å². The standard InChI is InChI=1S/C23H28F2N2O5S/c1-16-3-6-19(7-4-16)33(29,30)27-13-10-18(11-14-27)22(28)26-12-9-17-5-8-20(31-2)21(15-17)32-23(24)25/h3-8,15,18,23H,9-14H2,1-2H3,(H,26,28). The molecular weight excluding hydrogens is 454 g/mol. The number of ether oxygens (including phenoxy) is 2. The highest BCUT2D eigenvalue weighted by Crippen LogP contribution is 2.29. The second kappa shape index (κ2) is 10.9. The molecule has 2 aromatic carbocycles. The number of alkyl halides is 2. The molecule has 0 aliphatic carbocycles. The normalized spacial score (nSPS) is 15.4. The molecule has 1 aliphatic heterocycles. The minimum absolute atomic E-state index is 0.0570. The molecule has 1 heterocycles. The summed E-state index contributed by atoms with van der Waals surface area (Å²) in [6.07, 6.45) is 1.30. The first-order valence-corrected chi connectivity index (χ1v) is 12.1. The number of methoxy groups -OCH3 is 1. The van der Waals surface area contributed by atoms with E-state index < -0.39 is 16.6 Å². The molecule has 0 aromatic heterocycles. The Morgan fingerprint density at radius 3 is 2.39 bits per heavy atom. The van der Waals surface area contributed by atoms with Crippen molar-refractivity contribution >= 4 is 15.9 Å². The van der Waals surface area contributed by atoms with Crippen LogP contribution in [0, 0.1) is 12.8 Å². The summed E-state index contributed by atoms with van der Waals surface area (Å²) < 4.78 is 61.7. The summed E-state index contributed by atoms with van der Waals surface area (Å²) in [7, 11) is -2.21. The largest absolute Gasteiger partial charge is 0.493 e. The Labute approximate surface area is 192 Å². The van der Waals surface area contributed by atoms with Crippen LogP contribution in [0.3, 0.4) is 0 Å². The maximum atomic E-state index is 12.8. The van der Waals surface area contributed by atoms with Crippen molar-refractivity contribution in [3.8, 4) is 11.5 Å². The molecule has 33 heavy (non-hydrogen) atoms. The van der Waals surface area contributed by atoms with Gasteiger partial charge in [0.2, 0.25) is 15.9 Å². The minimum Gasteiger partial charge on any atom is -0.493 e. The molecule has 7 nitrogen and oxygen atoms in total. The number of sulfonamides is 1. The highest BCUT2D eigenvalue weighted by atomic mass is 32.2. The van der Waals surface area contributed by atoms with Crippen LogP contribution in [0.5, 0.6) is 11.5 Å². The first kappa shape index (κ1) is 24.9. The fourth-order valence-electron chi connectivity index (χ4n) is 3.76. The van der Waals surface area contributed by atoms with Crippen LogP contribution < -0.4 is 14.8 Å². The maximum absolute atomic E-state index is 12.8. The first-order valence-electron chi connectivity index (χ1n) is 10.7. The number of aryl methyl sites for hydroxylation is 1. The average Bonchev–Trinajstić information content (AvgIpc) is 2.79.